The Morgan fingerprint density at radius 2 is 2.11 bits per heavy atom. The van der Waals surface area contributed by atoms with Crippen LogP contribution in [0.5, 0.6) is 5.75 Å². The number of carbonyl (C=O) groups is 1. The van der Waals surface area contributed by atoms with E-state index in [-0.39, 0.29) is 12.0 Å². The highest BCUT2D eigenvalue weighted by Crippen LogP contribution is 2.34. The number of rotatable bonds is 8. The molecule has 1 amide bonds. The predicted octanol–water partition coefficient (Wildman–Crippen LogP) is 4.64. The van der Waals surface area contributed by atoms with Gasteiger partial charge in [0.15, 0.2) is 0 Å². The summed E-state index contributed by atoms with van der Waals surface area (Å²) in [5.74, 6) is 0.536. The molecular formula is C21H23N3O2S. The Balaban J connectivity index is 1.68. The summed E-state index contributed by atoms with van der Waals surface area (Å²) in [6.45, 7) is 2.48. The molecule has 0 bridgehead atoms. The minimum absolute atomic E-state index is 0.0562. The summed E-state index contributed by atoms with van der Waals surface area (Å²) in [5, 5.41) is 8.14. The van der Waals surface area contributed by atoms with Crippen LogP contribution in [0.2, 0.25) is 0 Å². The van der Waals surface area contributed by atoms with Crippen LogP contribution in [0.15, 0.2) is 60.1 Å². The Labute approximate surface area is 163 Å². The van der Waals surface area contributed by atoms with Crippen LogP contribution in [0.4, 0.5) is 5.69 Å². The lowest BCUT2D eigenvalue weighted by atomic mass is 10.1. The molecule has 0 saturated heterocycles. The Kier molecular flexibility index (Phi) is 6.44. The third-order valence-electron chi connectivity index (χ3n) is 4.16. The van der Waals surface area contributed by atoms with Gasteiger partial charge in [-0.1, -0.05) is 19.1 Å². The summed E-state index contributed by atoms with van der Waals surface area (Å²) in [4.78, 5) is 17.8. The van der Waals surface area contributed by atoms with Crippen molar-refractivity contribution in [1.29, 1.82) is 0 Å². The lowest BCUT2D eigenvalue weighted by Gasteiger charge is -2.18. The number of amides is 1. The number of nitrogens with one attached hydrogen (secondary N) is 2. The molecule has 0 aliphatic rings. The maximum atomic E-state index is 12.5. The van der Waals surface area contributed by atoms with E-state index < -0.39 is 0 Å². The highest BCUT2D eigenvalue weighted by molar-refractivity contribution is 7.10. The quantitative estimate of drug-likeness (QED) is 0.596. The second-order valence-corrected chi connectivity index (χ2v) is 6.94. The van der Waals surface area contributed by atoms with Gasteiger partial charge in [-0.25, -0.2) is 0 Å². The summed E-state index contributed by atoms with van der Waals surface area (Å²) in [6, 6.07) is 15.0. The zero-order valence-corrected chi connectivity index (χ0v) is 16.3. The molecule has 1 unspecified atom stereocenters. The van der Waals surface area contributed by atoms with E-state index in [9.17, 15) is 4.79 Å². The standard InChI is InChI=1S/C21H23N3O2S/c1-3-19(20-18(22-2)10-12-27-20)26-17-9-6-7-15(13-17)21(25)24-14-16-8-4-5-11-23-16/h4-13,19,22H,3,14H2,1-2H3,(H,24,25). The van der Waals surface area contributed by atoms with Crippen LogP contribution >= 0.6 is 11.3 Å². The summed E-state index contributed by atoms with van der Waals surface area (Å²) < 4.78 is 6.18. The van der Waals surface area contributed by atoms with Crippen molar-refractivity contribution >= 4 is 22.9 Å². The molecule has 0 radical (unpaired) electrons. The van der Waals surface area contributed by atoms with Crippen molar-refractivity contribution in [3.63, 3.8) is 0 Å². The minimum atomic E-state index is -0.147. The van der Waals surface area contributed by atoms with Gasteiger partial charge in [-0.05, 0) is 48.2 Å². The number of hydrogen-bond acceptors (Lipinski definition) is 5. The number of carbonyl (C=O) groups excluding carboxylic acids is 1. The van der Waals surface area contributed by atoms with Crippen LogP contribution in [0.3, 0.4) is 0 Å². The van der Waals surface area contributed by atoms with E-state index in [1.807, 2.05) is 43.4 Å². The van der Waals surface area contributed by atoms with E-state index in [4.69, 9.17) is 4.74 Å². The van der Waals surface area contributed by atoms with Gasteiger partial charge in [0, 0.05) is 18.8 Å². The van der Waals surface area contributed by atoms with Crippen molar-refractivity contribution in [2.45, 2.75) is 26.0 Å². The summed E-state index contributed by atoms with van der Waals surface area (Å²) in [7, 11) is 1.91. The largest absolute Gasteiger partial charge is 0.485 e. The maximum absolute atomic E-state index is 12.5. The third-order valence-corrected chi connectivity index (χ3v) is 5.17. The Morgan fingerprint density at radius 1 is 1.22 bits per heavy atom. The number of nitrogens with zero attached hydrogens (tertiary/aromatic N) is 1. The number of pyridine rings is 1. The number of aromatic nitrogens is 1. The van der Waals surface area contributed by atoms with Gasteiger partial charge in [0.05, 0.1) is 22.8 Å². The van der Waals surface area contributed by atoms with Crippen LogP contribution in [0.25, 0.3) is 0 Å². The first-order valence-corrected chi connectivity index (χ1v) is 9.79. The van der Waals surface area contributed by atoms with E-state index >= 15 is 0 Å². The molecule has 1 atom stereocenters. The average molecular weight is 382 g/mol. The first-order chi connectivity index (χ1) is 13.2. The van der Waals surface area contributed by atoms with Crippen LogP contribution in [0.1, 0.15) is 40.4 Å². The maximum Gasteiger partial charge on any atom is 0.251 e. The molecule has 27 heavy (non-hydrogen) atoms. The van der Waals surface area contributed by atoms with E-state index in [0.717, 1.165) is 22.7 Å². The molecule has 2 N–H and O–H groups in total. The van der Waals surface area contributed by atoms with Crippen molar-refractivity contribution in [2.75, 3.05) is 12.4 Å². The van der Waals surface area contributed by atoms with Crippen LogP contribution < -0.4 is 15.4 Å². The van der Waals surface area contributed by atoms with Gasteiger partial charge < -0.3 is 15.4 Å². The van der Waals surface area contributed by atoms with Crippen molar-refractivity contribution in [1.82, 2.24) is 10.3 Å². The Hall–Kier alpha value is -2.86. The zero-order valence-electron chi connectivity index (χ0n) is 15.4. The van der Waals surface area contributed by atoms with E-state index in [1.54, 1.807) is 29.7 Å². The van der Waals surface area contributed by atoms with Gasteiger partial charge in [0.2, 0.25) is 0 Å². The van der Waals surface area contributed by atoms with Crippen molar-refractivity contribution < 1.29 is 9.53 Å². The summed E-state index contributed by atoms with van der Waals surface area (Å²) >= 11 is 1.67. The summed E-state index contributed by atoms with van der Waals surface area (Å²) in [6.07, 6.45) is 2.50. The molecule has 3 aromatic rings. The van der Waals surface area contributed by atoms with Gasteiger partial charge in [0.25, 0.3) is 5.91 Å². The summed E-state index contributed by atoms with van der Waals surface area (Å²) in [5.41, 5.74) is 2.47. The lowest BCUT2D eigenvalue weighted by molar-refractivity contribution is 0.0949. The second-order valence-electron chi connectivity index (χ2n) is 5.99. The molecule has 140 valence electrons. The van der Waals surface area contributed by atoms with Crippen LogP contribution in [0, 0.1) is 0 Å². The van der Waals surface area contributed by atoms with E-state index in [2.05, 4.69) is 27.9 Å². The molecule has 0 aliphatic heterocycles. The molecule has 1 aromatic carbocycles. The number of ether oxygens (including phenoxy) is 1. The van der Waals surface area contributed by atoms with Gasteiger partial charge >= 0.3 is 0 Å². The smallest absolute Gasteiger partial charge is 0.251 e. The van der Waals surface area contributed by atoms with Crippen molar-refractivity contribution in [2.24, 2.45) is 0 Å². The predicted molar refractivity (Wildman–Crippen MR) is 109 cm³/mol. The average Bonchev–Trinajstić information content (AvgIpc) is 3.20. The normalized spacial score (nSPS) is 11.6. The van der Waals surface area contributed by atoms with Gasteiger partial charge in [0.1, 0.15) is 11.9 Å². The second kappa shape index (κ2) is 9.19. The minimum Gasteiger partial charge on any atom is -0.485 e. The van der Waals surface area contributed by atoms with Gasteiger partial charge in [-0.2, -0.15) is 0 Å². The molecule has 2 heterocycles. The van der Waals surface area contributed by atoms with Gasteiger partial charge in [-0.15, -0.1) is 11.3 Å². The first-order valence-electron chi connectivity index (χ1n) is 8.91. The molecule has 0 aliphatic carbocycles. The molecule has 0 spiro atoms. The van der Waals surface area contributed by atoms with Gasteiger partial charge in [-0.3, -0.25) is 9.78 Å². The highest BCUT2D eigenvalue weighted by Gasteiger charge is 2.17. The van der Waals surface area contributed by atoms with E-state index in [1.165, 1.54) is 0 Å². The Morgan fingerprint density at radius 3 is 2.85 bits per heavy atom. The number of benzene rings is 1. The Bertz CT molecular complexity index is 880. The molecule has 2 aromatic heterocycles. The lowest BCUT2D eigenvalue weighted by Crippen LogP contribution is -2.23. The highest BCUT2D eigenvalue weighted by atomic mass is 32.1. The number of hydrogen-bond donors (Lipinski definition) is 2. The topological polar surface area (TPSA) is 63.2 Å². The molecular weight excluding hydrogens is 358 g/mol. The fourth-order valence-electron chi connectivity index (χ4n) is 2.75. The molecule has 5 nitrogen and oxygen atoms in total. The molecule has 3 rings (SSSR count). The SMILES string of the molecule is CCC(Oc1cccc(C(=O)NCc2ccccn2)c1)c1sccc1NC. The number of anilines is 1. The molecule has 0 fully saturated rings. The fraction of sp³-hybridized carbons (Fsp3) is 0.238. The van der Waals surface area contributed by atoms with Crippen molar-refractivity contribution in [3.8, 4) is 5.75 Å². The number of thiophene rings is 1. The molecule has 0 saturated carbocycles. The van der Waals surface area contributed by atoms with Crippen molar-refractivity contribution in [3.05, 3.63) is 76.2 Å². The fourth-order valence-corrected chi connectivity index (χ4v) is 3.76. The van der Waals surface area contributed by atoms with Crippen LogP contribution in [-0.2, 0) is 6.54 Å². The van der Waals surface area contributed by atoms with Crippen LogP contribution in [-0.4, -0.2) is 17.9 Å². The zero-order chi connectivity index (χ0) is 19.1. The monoisotopic (exact) mass is 381 g/mol. The molecule has 6 heteroatoms. The third kappa shape index (κ3) is 4.86. The first kappa shape index (κ1) is 18.9. The van der Waals surface area contributed by atoms with E-state index in [0.29, 0.717) is 17.9 Å².